The molecule has 0 saturated carbocycles. The molecule has 2 nitrogen and oxygen atoms in total. The van der Waals surface area contributed by atoms with Crippen LogP contribution in [0.5, 0.6) is 0 Å². The second-order valence-electron chi connectivity index (χ2n) is 14.0. The Labute approximate surface area is 298 Å². The number of hydrogen-bond donors (Lipinski definition) is 0. The topological polar surface area (TPSA) is 25.2 Å². The second kappa shape index (κ2) is 12.3. The van der Waals surface area contributed by atoms with Crippen LogP contribution in [0.2, 0.25) is 0 Å². The molecule has 0 N–H and O–H groups in total. The molecule has 1 aliphatic heterocycles. The lowest BCUT2D eigenvalue weighted by Gasteiger charge is -2.20. The number of fused-ring (bicyclic) bond motifs is 6. The van der Waals surface area contributed by atoms with Crippen molar-refractivity contribution >= 4 is 50.2 Å². The zero-order valence-corrected chi connectivity index (χ0v) is 28.3. The van der Waals surface area contributed by atoms with Crippen molar-refractivity contribution in [3.8, 4) is 33.4 Å². The Morgan fingerprint density at radius 3 is 2.22 bits per heavy atom. The maximum Gasteiger partial charge on any atom is 0.0714 e. The minimum absolute atomic E-state index is 0.215. The fraction of sp³-hybridized carbons (Fsp3) is 0.102. The molecule has 0 saturated heterocycles. The Bertz CT molecular complexity index is 2670. The number of aliphatic imine (C=N–C) groups is 1. The number of aryl methyl sites for hydroxylation is 1. The molecule has 2 bridgehead atoms. The number of benzene rings is 6. The van der Waals surface area contributed by atoms with Crippen LogP contribution in [-0.4, -0.2) is 17.2 Å². The average Bonchev–Trinajstić information content (AvgIpc) is 3.55. The van der Waals surface area contributed by atoms with E-state index in [1.54, 1.807) is 0 Å². The summed E-state index contributed by atoms with van der Waals surface area (Å²) in [6.45, 7) is 0. The molecule has 1 aromatic heterocycles. The van der Waals surface area contributed by atoms with Gasteiger partial charge in [0.25, 0.3) is 0 Å². The molecule has 3 aliphatic rings. The van der Waals surface area contributed by atoms with E-state index in [1.807, 2.05) is 12.4 Å². The van der Waals surface area contributed by atoms with E-state index in [9.17, 15) is 0 Å². The Hall–Kier alpha value is -6.12. The van der Waals surface area contributed by atoms with Gasteiger partial charge in [-0.3, -0.25) is 9.98 Å². The zero-order chi connectivity index (χ0) is 33.7. The number of pyridine rings is 1. The summed E-state index contributed by atoms with van der Waals surface area (Å²) in [6.07, 6.45) is 22.8. The van der Waals surface area contributed by atoms with Crippen molar-refractivity contribution < 1.29 is 0 Å². The third-order valence-corrected chi connectivity index (χ3v) is 10.9. The van der Waals surface area contributed by atoms with Crippen LogP contribution >= 0.6 is 0 Å². The molecule has 6 aromatic carbocycles. The minimum atomic E-state index is 0.215. The molecule has 242 valence electrons. The van der Waals surface area contributed by atoms with Crippen LogP contribution in [0, 0.1) is 5.92 Å². The van der Waals surface area contributed by atoms with Crippen molar-refractivity contribution in [3.05, 3.63) is 175 Å². The summed E-state index contributed by atoms with van der Waals surface area (Å²) < 4.78 is 0. The molecule has 0 amide bonds. The predicted molar refractivity (Wildman–Crippen MR) is 217 cm³/mol. The average molecular weight is 653 g/mol. The summed E-state index contributed by atoms with van der Waals surface area (Å²) >= 11 is 0. The van der Waals surface area contributed by atoms with Gasteiger partial charge in [0, 0.05) is 23.5 Å². The van der Waals surface area contributed by atoms with Gasteiger partial charge in [-0.15, -0.1) is 0 Å². The van der Waals surface area contributed by atoms with Crippen molar-refractivity contribution in [3.63, 3.8) is 0 Å². The first kappa shape index (κ1) is 29.8. The highest BCUT2D eigenvalue weighted by molar-refractivity contribution is 6.22. The van der Waals surface area contributed by atoms with Crippen LogP contribution in [0.15, 0.2) is 163 Å². The van der Waals surface area contributed by atoms with Crippen LogP contribution in [0.4, 0.5) is 0 Å². The van der Waals surface area contributed by atoms with E-state index in [1.165, 1.54) is 65.7 Å². The van der Waals surface area contributed by atoms with Crippen LogP contribution in [0.3, 0.4) is 0 Å². The van der Waals surface area contributed by atoms with Crippen molar-refractivity contribution in [2.75, 3.05) is 0 Å². The lowest BCUT2D eigenvalue weighted by Crippen LogP contribution is -2.03. The van der Waals surface area contributed by atoms with Crippen LogP contribution in [0.25, 0.3) is 77.3 Å². The van der Waals surface area contributed by atoms with E-state index in [-0.39, 0.29) is 6.04 Å². The first-order valence-electron chi connectivity index (χ1n) is 18.1. The highest BCUT2D eigenvalue weighted by atomic mass is 14.8. The van der Waals surface area contributed by atoms with E-state index >= 15 is 0 Å². The fourth-order valence-corrected chi connectivity index (χ4v) is 8.32. The summed E-state index contributed by atoms with van der Waals surface area (Å²) in [6, 6.07) is 43.2. The first-order chi connectivity index (χ1) is 25.2. The van der Waals surface area contributed by atoms with Crippen molar-refractivity contribution in [1.82, 2.24) is 4.98 Å². The number of allylic oxidation sites excluding steroid dienone is 6. The quantitative estimate of drug-likeness (QED) is 0.174. The summed E-state index contributed by atoms with van der Waals surface area (Å²) in [7, 11) is 0. The highest BCUT2D eigenvalue weighted by Crippen LogP contribution is 2.46. The van der Waals surface area contributed by atoms with E-state index < -0.39 is 0 Å². The minimum Gasteiger partial charge on any atom is -0.285 e. The molecular weight excluding hydrogens is 617 g/mol. The van der Waals surface area contributed by atoms with Gasteiger partial charge >= 0.3 is 0 Å². The number of hydrogen-bond acceptors (Lipinski definition) is 2. The van der Waals surface area contributed by atoms with Crippen LogP contribution in [-0.2, 0) is 6.42 Å². The summed E-state index contributed by atoms with van der Waals surface area (Å²) in [4.78, 5) is 9.85. The third-order valence-electron chi connectivity index (χ3n) is 10.9. The van der Waals surface area contributed by atoms with Crippen molar-refractivity contribution in [2.24, 2.45) is 10.9 Å². The van der Waals surface area contributed by atoms with Gasteiger partial charge in [-0.2, -0.15) is 0 Å². The van der Waals surface area contributed by atoms with E-state index in [0.717, 1.165) is 41.7 Å². The maximum absolute atomic E-state index is 5.00. The Morgan fingerprint density at radius 1 is 0.588 bits per heavy atom. The third kappa shape index (κ3) is 5.36. The molecule has 2 heterocycles. The standard InChI is InChI=1S/C49H36N2/c1-6-14-42-26-32(9-1)25-41(31-50-42)47-24-22-40(30-51-47)37-21-23-45-46(29-37)49(39-20-18-34-11-3-5-13-36(34)28-39)44-16-8-7-15-43(44)48(45)38-19-17-33-10-2-4-12-35(33)27-38/h1-4,6-12,14-25,27-32,42H,5,13,26H2. The number of nitrogens with zero attached hydrogens (tertiary/aromatic N) is 2. The smallest absolute Gasteiger partial charge is 0.0714 e. The van der Waals surface area contributed by atoms with E-state index in [0.29, 0.717) is 5.92 Å². The molecule has 0 spiro atoms. The normalized spacial score (nSPS) is 17.8. The maximum atomic E-state index is 5.00. The van der Waals surface area contributed by atoms with Gasteiger partial charge in [0.15, 0.2) is 0 Å². The predicted octanol–water partition coefficient (Wildman–Crippen LogP) is 12.5. The first-order valence-corrected chi connectivity index (χ1v) is 18.1. The van der Waals surface area contributed by atoms with Gasteiger partial charge in [0.1, 0.15) is 0 Å². The number of aromatic nitrogens is 1. The Morgan fingerprint density at radius 2 is 1.33 bits per heavy atom. The summed E-state index contributed by atoms with van der Waals surface area (Å²) in [5.74, 6) is 0.356. The SMILES string of the molecule is C1=CC2C=C(c3ccc(-c4ccc5c(-c6ccc7ccccc7c6)c6ccccc6c(-c6ccc7c(c6)CCC=C7)c5c4)cn3)C=NC(C=C1)C2. The second-order valence-corrected chi connectivity index (χ2v) is 14.0. The van der Waals surface area contributed by atoms with E-state index in [2.05, 4.69) is 158 Å². The molecule has 51 heavy (non-hydrogen) atoms. The lowest BCUT2D eigenvalue weighted by atomic mass is 9.83. The fourth-order valence-electron chi connectivity index (χ4n) is 8.32. The lowest BCUT2D eigenvalue weighted by molar-refractivity contribution is 0.654. The van der Waals surface area contributed by atoms with Crippen molar-refractivity contribution in [1.29, 1.82) is 0 Å². The molecule has 7 aromatic rings. The van der Waals surface area contributed by atoms with Crippen molar-refractivity contribution in [2.45, 2.75) is 25.3 Å². The van der Waals surface area contributed by atoms with Crippen LogP contribution in [0.1, 0.15) is 29.7 Å². The molecule has 0 fully saturated rings. The monoisotopic (exact) mass is 652 g/mol. The zero-order valence-electron chi connectivity index (χ0n) is 28.3. The summed E-state index contributed by atoms with van der Waals surface area (Å²) in [5, 5.41) is 7.57. The largest absolute Gasteiger partial charge is 0.285 e. The van der Waals surface area contributed by atoms with E-state index in [4.69, 9.17) is 9.98 Å². The van der Waals surface area contributed by atoms with Gasteiger partial charge in [0.05, 0.1) is 11.7 Å². The summed E-state index contributed by atoms with van der Waals surface area (Å²) in [5.41, 5.74) is 12.1. The molecule has 0 radical (unpaired) electrons. The molecular formula is C49H36N2. The molecule has 2 unspecified atom stereocenters. The van der Waals surface area contributed by atoms with Gasteiger partial charge in [-0.05, 0) is 115 Å². The van der Waals surface area contributed by atoms with Gasteiger partial charge < -0.3 is 0 Å². The van der Waals surface area contributed by atoms with Gasteiger partial charge in [-0.1, -0.05) is 140 Å². The number of rotatable bonds is 4. The molecule has 2 heteroatoms. The van der Waals surface area contributed by atoms with Crippen LogP contribution < -0.4 is 0 Å². The van der Waals surface area contributed by atoms with Gasteiger partial charge in [-0.25, -0.2) is 0 Å². The molecule has 10 rings (SSSR count). The molecule has 2 atom stereocenters. The van der Waals surface area contributed by atoms with Gasteiger partial charge in [0.2, 0.25) is 0 Å². The Kier molecular flexibility index (Phi) is 7.20. The Balaban J connectivity index is 1.17. The highest BCUT2D eigenvalue weighted by Gasteiger charge is 2.20. The molecule has 2 aliphatic carbocycles.